The van der Waals surface area contributed by atoms with Crippen molar-refractivity contribution >= 4 is 21.5 Å². The molecule has 1 N–H and O–H groups in total. The Hall–Kier alpha value is -3.20. The van der Waals surface area contributed by atoms with E-state index in [4.69, 9.17) is 4.74 Å². The number of sulfonamides is 1. The molecule has 1 aliphatic heterocycles. The van der Waals surface area contributed by atoms with E-state index in [1.807, 2.05) is 12.1 Å². The van der Waals surface area contributed by atoms with Gasteiger partial charge >= 0.3 is 0 Å². The summed E-state index contributed by atoms with van der Waals surface area (Å²) in [5.41, 5.74) is 1.84. The van der Waals surface area contributed by atoms with Crippen molar-refractivity contribution in [2.75, 3.05) is 29.8 Å². The molecule has 1 aromatic heterocycles. The number of benzene rings is 2. The molecule has 0 saturated carbocycles. The average Bonchev–Trinajstić information content (AvgIpc) is 3.29. The van der Waals surface area contributed by atoms with E-state index >= 15 is 0 Å². The zero-order valence-corrected chi connectivity index (χ0v) is 17.2. The van der Waals surface area contributed by atoms with Crippen LogP contribution in [0.15, 0.2) is 59.5 Å². The van der Waals surface area contributed by atoms with Crippen LogP contribution in [0.5, 0.6) is 5.75 Å². The van der Waals surface area contributed by atoms with Gasteiger partial charge in [-0.1, -0.05) is 12.1 Å². The van der Waals surface area contributed by atoms with Crippen molar-refractivity contribution in [3.05, 3.63) is 60.4 Å². The Bertz CT molecular complexity index is 1130. The molecule has 0 radical (unpaired) electrons. The van der Waals surface area contributed by atoms with Crippen LogP contribution in [-0.2, 0) is 10.0 Å². The third-order valence-electron chi connectivity index (χ3n) is 4.93. The number of methoxy groups -OCH3 is 1. The van der Waals surface area contributed by atoms with Gasteiger partial charge in [-0.05, 0) is 55.3 Å². The van der Waals surface area contributed by atoms with E-state index in [2.05, 4.69) is 19.8 Å². The van der Waals surface area contributed by atoms with Crippen LogP contribution in [0.1, 0.15) is 12.8 Å². The van der Waals surface area contributed by atoms with Gasteiger partial charge in [-0.2, -0.15) is 0 Å². The molecule has 0 atom stereocenters. The molecule has 30 heavy (non-hydrogen) atoms. The molecule has 1 aliphatic rings. The van der Waals surface area contributed by atoms with Crippen LogP contribution in [0.25, 0.3) is 11.3 Å². The molecule has 1 fully saturated rings. The maximum Gasteiger partial charge on any atom is 0.265 e. The number of nitrogens with one attached hydrogen (secondary N) is 1. The first kappa shape index (κ1) is 20.1. The van der Waals surface area contributed by atoms with Gasteiger partial charge in [0.25, 0.3) is 10.0 Å². The van der Waals surface area contributed by atoms with E-state index in [0.29, 0.717) is 11.4 Å². The lowest BCUT2D eigenvalue weighted by Crippen LogP contribution is -2.19. The van der Waals surface area contributed by atoms with Crippen molar-refractivity contribution in [1.29, 1.82) is 0 Å². The van der Waals surface area contributed by atoms with E-state index in [1.165, 1.54) is 26.0 Å². The monoisotopic (exact) mass is 428 g/mol. The number of aromatic nitrogens is 2. The molecule has 0 aliphatic carbocycles. The first-order valence-corrected chi connectivity index (χ1v) is 11.0. The van der Waals surface area contributed by atoms with E-state index in [-0.39, 0.29) is 10.6 Å². The SMILES string of the molecule is COc1ccc(F)cc1S(=O)(=O)Nc1ccc(-c2ccc(N3CCCC3)nn2)cc1. The Kier molecular flexibility index (Phi) is 5.54. The van der Waals surface area contributed by atoms with Gasteiger partial charge in [0.15, 0.2) is 5.82 Å². The summed E-state index contributed by atoms with van der Waals surface area (Å²) in [6, 6.07) is 13.9. The van der Waals surface area contributed by atoms with Crippen molar-refractivity contribution in [1.82, 2.24) is 10.2 Å². The maximum atomic E-state index is 13.6. The highest BCUT2D eigenvalue weighted by Gasteiger charge is 2.21. The lowest BCUT2D eigenvalue weighted by molar-refractivity contribution is 0.401. The van der Waals surface area contributed by atoms with E-state index in [1.54, 1.807) is 24.3 Å². The van der Waals surface area contributed by atoms with Gasteiger partial charge in [-0.3, -0.25) is 4.72 Å². The number of rotatable bonds is 6. The first-order chi connectivity index (χ1) is 14.5. The number of halogens is 1. The minimum absolute atomic E-state index is 0.0638. The Morgan fingerprint density at radius 3 is 2.37 bits per heavy atom. The van der Waals surface area contributed by atoms with Gasteiger partial charge in [-0.25, -0.2) is 12.8 Å². The van der Waals surface area contributed by atoms with Gasteiger partial charge in [-0.15, -0.1) is 10.2 Å². The van der Waals surface area contributed by atoms with E-state index in [0.717, 1.165) is 36.6 Å². The van der Waals surface area contributed by atoms with Gasteiger partial charge < -0.3 is 9.64 Å². The molecular formula is C21H21FN4O3S. The van der Waals surface area contributed by atoms with Gasteiger partial charge in [0, 0.05) is 24.3 Å². The molecule has 0 spiro atoms. The van der Waals surface area contributed by atoms with Gasteiger partial charge in [0.05, 0.1) is 12.8 Å². The predicted molar refractivity (Wildman–Crippen MR) is 113 cm³/mol. The summed E-state index contributed by atoms with van der Waals surface area (Å²) in [5.74, 6) is 0.265. The van der Waals surface area contributed by atoms with Crippen LogP contribution in [0, 0.1) is 5.82 Å². The Morgan fingerprint density at radius 1 is 1.00 bits per heavy atom. The van der Waals surface area contributed by atoms with Crippen LogP contribution in [0.4, 0.5) is 15.9 Å². The third kappa shape index (κ3) is 4.20. The lowest BCUT2D eigenvalue weighted by Gasteiger charge is -2.15. The maximum absolute atomic E-state index is 13.6. The largest absolute Gasteiger partial charge is 0.495 e. The third-order valence-corrected chi connectivity index (χ3v) is 6.33. The topological polar surface area (TPSA) is 84.4 Å². The summed E-state index contributed by atoms with van der Waals surface area (Å²) in [4.78, 5) is 1.94. The second-order valence-corrected chi connectivity index (χ2v) is 8.60. The fourth-order valence-electron chi connectivity index (χ4n) is 3.37. The Labute approximate surface area is 174 Å². The Morgan fingerprint density at radius 2 is 1.73 bits per heavy atom. The van der Waals surface area contributed by atoms with Crippen LogP contribution in [-0.4, -0.2) is 38.8 Å². The molecule has 9 heteroatoms. The van der Waals surface area contributed by atoms with Crippen LogP contribution < -0.4 is 14.4 Å². The molecule has 2 aromatic carbocycles. The standard InChI is InChI=1S/C21H21FN4O3S/c1-29-19-10-6-16(22)14-20(19)30(27,28)25-17-7-4-15(5-8-17)18-9-11-21(24-23-18)26-12-2-3-13-26/h4-11,14,25H,2-3,12-13H2,1H3. The van der Waals surface area contributed by atoms with Crippen LogP contribution in [0.3, 0.4) is 0 Å². The molecule has 3 aromatic rings. The molecule has 0 amide bonds. The van der Waals surface area contributed by atoms with Crippen LogP contribution >= 0.6 is 0 Å². The number of hydrogen-bond donors (Lipinski definition) is 1. The minimum Gasteiger partial charge on any atom is -0.495 e. The lowest BCUT2D eigenvalue weighted by atomic mass is 10.1. The van der Waals surface area contributed by atoms with Crippen molar-refractivity contribution in [3.8, 4) is 17.0 Å². The predicted octanol–water partition coefficient (Wildman–Crippen LogP) is 3.69. The summed E-state index contributed by atoms with van der Waals surface area (Å²) >= 11 is 0. The summed E-state index contributed by atoms with van der Waals surface area (Å²) in [7, 11) is -2.69. The normalized spacial score (nSPS) is 14.0. The van der Waals surface area contributed by atoms with Gasteiger partial charge in [0.1, 0.15) is 16.5 Å². The molecule has 0 bridgehead atoms. The molecule has 0 unspecified atom stereocenters. The fourth-order valence-corrected chi connectivity index (χ4v) is 4.61. The molecule has 2 heterocycles. The Balaban J connectivity index is 1.52. The molecule has 156 valence electrons. The van der Waals surface area contributed by atoms with E-state index < -0.39 is 15.8 Å². The second-order valence-electron chi connectivity index (χ2n) is 6.95. The summed E-state index contributed by atoms with van der Waals surface area (Å²) < 4.78 is 46.4. The highest BCUT2D eigenvalue weighted by molar-refractivity contribution is 7.92. The quantitative estimate of drug-likeness (QED) is 0.645. The van der Waals surface area contributed by atoms with Crippen molar-refractivity contribution in [2.45, 2.75) is 17.7 Å². The highest BCUT2D eigenvalue weighted by Crippen LogP contribution is 2.28. The molecule has 1 saturated heterocycles. The zero-order valence-electron chi connectivity index (χ0n) is 16.4. The smallest absolute Gasteiger partial charge is 0.265 e. The van der Waals surface area contributed by atoms with E-state index in [9.17, 15) is 12.8 Å². The zero-order chi connectivity index (χ0) is 21.1. The number of hydrogen-bond acceptors (Lipinski definition) is 6. The number of ether oxygens (including phenoxy) is 1. The fraction of sp³-hybridized carbons (Fsp3) is 0.238. The van der Waals surface area contributed by atoms with Crippen molar-refractivity contribution in [2.24, 2.45) is 0 Å². The number of nitrogens with zero attached hydrogens (tertiary/aromatic N) is 3. The molecular weight excluding hydrogens is 407 g/mol. The minimum atomic E-state index is -4.02. The van der Waals surface area contributed by atoms with Crippen molar-refractivity contribution in [3.63, 3.8) is 0 Å². The first-order valence-electron chi connectivity index (χ1n) is 9.52. The summed E-state index contributed by atoms with van der Waals surface area (Å²) in [5, 5.41) is 8.59. The highest BCUT2D eigenvalue weighted by atomic mass is 32.2. The molecule has 4 rings (SSSR count). The second kappa shape index (κ2) is 8.27. The summed E-state index contributed by atoms with van der Waals surface area (Å²) in [6.45, 7) is 2.00. The van der Waals surface area contributed by atoms with Crippen molar-refractivity contribution < 1.29 is 17.5 Å². The van der Waals surface area contributed by atoms with Crippen LogP contribution in [0.2, 0.25) is 0 Å². The number of anilines is 2. The average molecular weight is 428 g/mol. The summed E-state index contributed by atoms with van der Waals surface area (Å²) in [6.07, 6.45) is 2.34. The van der Waals surface area contributed by atoms with Gasteiger partial charge in [0.2, 0.25) is 0 Å². The molecule has 7 nitrogen and oxygen atoms in total.